The van der Waals surface area contributed by atoms with E-state index in [0.29, 0.717) is 0 Å². The quantitative estimate of drug-likeness (QED) is 0.397. The minimum absolute atomic E-state index is 0.379. The van der Waals surface area contributed by atoms with Crippen molar-refractivity contribution < 1.29 is 13.2 Å². The lowest BCUT2D eigenvalue weighted by Crippen LogP contribution is -2.00. The minimum Gasteiger partial charge on any atom is -0.249 e. The summed E-state index contributed by atoms with van der Waals surface area (Å²) in [6, 6.07) is 1.64. The zero-order valence-electron chi connectivity index (χ0n) is 5.49. The number of rotatable bonds is 1. The average Bonchev–Trinajstić information content (AvgIpc) is 1.97. The highest BCUT2D eigenvalue weighted by Gasteiger charge is 2.16. The first kappa shape index (κ1) is 10.4. The van der Waals surface area contributed by atoms with Crippen molar-refractivity contribution in [3.8, 4) is 0 Å². The smallest absolute Gasteiger partial charge is 0.186 e. The summed E-state index contributed by atoms with van der Waals surface area (Å²) in [6.07, 6.45) is 0. The maximum atomic E-state index is 12.8. The van der Waals surface area contributed by atoms with Crippen LogP contribution in [0.4, 0.5) is 18.9 Å². The largest absolute Gasteiger partial charge is 0.249 e. The van der Waals surface area contributed by atoms with Gasteiger partial charge in [0.25, 0.3) is 0 Å². The van der Waals surface area contributed by atoms with Crippen molar-refractivity contribution in [1.29, 1.82) is 0 Å². The van der Waals surface area contributed by atoms with Crippen LogP contribution in [-0.4, -0.2) is 0 Å². The molecule has 1 aromatic carbocycles. The predicted octanol–water partition coefficient (Wildman–Crippen LogP) is 3.61. The maximum absolute atomic E-state index is 12.8. The van der Waals surface area contributed by atoms with E-state index < -0.39 is 17.5 Å². The number of halogens is 5. The van der Waals surface area contributed by atoms with Crippen LogP contribution in [0.1, 0.15) is 0 Å². The fourth-order valence-corrected chi connectivity index (χ4v) is 1.56. The first-order chi connectivity index (χ1) is 5.54. The van der Waals surface area contributed by atoms with Crippen molar-refractivity contribution in [2.24, 2.45) is 0 Å². The lowest BCUT2D eigenvalue weighted by Gasteiger charge is -2.09. The molecule has 0 saturated heterocycles. The normalized spacial score (nSPS) is 10.1. The Bertz CT molecular complexity index is 303. The zero-order chi connectivity index (χ0) is 9.30. The monoisotopic (exact) mass is 399 g/mol. The lowest BCUT2D eigenvalue weighted by molar-refractivity contribution is 0.500. The molecule has 0 N–H and O–H groups in total. The van der Waals surface area contributed by atoms with Gasteiger partial charge in [-0.15, -0.1) is 0 Å². The van der Waals surface area contributed by atoms with Gasteiger partial charge in [-0.3, -0.25) is 0 Å². The van der Waals surface area contributed by atoms with E-state index in [1.807, 2.05) is 0 Å². The van der Waals surface area contributed by atoms with Gasteiger partial charge in [-0.2, -0.15) is 0 Å². The molecule has 0 saturated carbocycles. The predicted molar refractivity (Wildman–Crippen MR) is 56.8 cm³/mol. The second-order valence-electron chi connectivity index (χ2n) is 1.92. The van der Waals surface area contributed by atoms with Gasteiger partial charge in [-0.1, -0.05) is 0 Å². The number of nitrogens with zero attached hydrogens (tertiary/aromatic N) is 1. The van der Waals surface area contributed by atoms with E-state index in [1.54, 1.807) is 45.7 Å². The number of hydrogen-bond donors (Lipinski definition) is 0. The summed E-state index contributed by atoms with van der Waals surface area (Å²) in [7, 11) is 0. The van der Waals surface area contributed by atoms with Gasteiger partial charge in [0.05, 0.1) is 45.7 Å². The summed E-state index contributed by atoms with van der Waals surface area (Å²) < 4.78 is 39.3. The van der Waals surface area contributed by atoms with Gasteiger partial charge in [-0.25, -0.2) is 14.5 Å². The van der Waals surface area contributed by atoms with Crippen LogP contribution in [0.5, 0.6) is 0 Å². The SMILES string of the molecule is Fc1ccc(F)c(N(I)I)c1F. The highest BCUT2D eigenvalue weighted by Crippen LogP contribution is 2.30. The summed E-state index contributed by atoms with van der Waals surface area (Å²) in [5.41, 5.74) is -0.379. The molecule has 0 bridgehead atoms. The molecule has 0 unspecified atom stereocenters. The molecule has 0 heterocycles. The third-order valence-electron chi connectivity index (χ3n) is 1.19. The summed E-state index contributed by atoms with van der Waals surface area (Å²) in [5, 5.41) is 0. The Labute approximate surface area is 94.9 Å². The average molecular weight is 399 g/mol. The van der Waals surface area contributed by atoms with Crippen LogP contribution in [0.2, 0.25) is 0 Å². The fraction of sp³-hybridized carbons (Fsp3) is 0. The van der Waals surface area contributed by atoms with Crippen LogP contribution in [0.25, 0.3) is 0 Å². The number of hydrogen-bond acceptors (Lipinski definition) is 1. The topological polar surface area (TPSA) is 3.24 Å². The highest BCUT2D eigenvalue weighted by atomic mass is 127. The van der Waals surface area contributed by atoms with Crippen LogP contribution >= 0.6 is 45.7 Å². The van der Waals surface area contributed by atoms with E-state index in [9.17, 15) is 13.2 Å². The molecule has 0 aromatic heterocycles. The van der Waals surface area contributed by atoms with Crippen LogP contribution in [0.15, 0.2) is 12.1 Å². The summed E-state index contributed by atoms with van der Waals surface area (Å²) in [4.78, 5) is 0. The second kappa shape index (κ2) is 3.99. The fourth-order valence-electron chi connectivity index (χ4n) is 0.671. The Morgan fingerprint density at radius 3 is 1.92 bits per heavy atom. The second-order valence-corrected chi connectivity index (χ2v) is 5.70. The summed E-state index contributed by atoms with van der Waals surface area (Å²) in [6.45, 7) is 0. The standard InChI is InChI=1S/C6H2F3I2N/c7-3-1-2-4(8)6(5(3)9)12(10)11/h1-2H. The molecular formula is C6H2F3I2N. The van der Waals surface area contributed by atoms with E-state index in [4.69, 9.17) is 0 Å². The highest BCUT2D eigenvalue weighted by molar-refractivity contribution is 14.2. The molecule has 0 fully saturated rings. The Hall–Kier alpha value is 0.270. The third kappa shape index (κ3) is 1.95. The van der Waals surface area contributed by atoms with Gasteiger partial charge in [0.15, 0.2) is 17.5 Å². The molecule has 66 valence electrons. The molecule has 0 aliphatic rings. The molecule has 0 radical (unpaired) electrons. The van der Waals surface area contributed by atoms with E-state index in [0.717, 1.165) is 13.5 Å². The van der Waals surface area contributed by atoms with E-state index in [2.05, 4.69) is 0 Å². The molecule has 1 nitrogen and oxygen atoms in total. The van der Waals surface area contributed by atoms with Gasteiger partial charge in [0, 0.05) is 0 Å². The minimum atomic E-state index is -1.17. The first-order valence-corrected chi connectivity index (χ1v) is 4.72. The number of benzene rings is 1. The van der Waals surface area contributed by atoms with Crippen molar-refractivity contribution >= 4 is 51.4 Å². The molecule has 0 aliphatic carbocycles. The van der Waals surface area contributed by atoms with Crippen LogP contribution in [0, 0.1) is 17.5 Å². The molecule has 1 rings (SSSR count). The van der Waals surface area contributed by atoms with Crippen molar-refractivity contribution in [3.05, 3.63) is 29.6 Å². The Balaban J connectivity index is 3.33. The molecule has 1 aromatic rings. The van der Waals surface area contributed by atoms with Crippen molar-refractivity contribution in [1.82, 2.24) is 0 Å². The van der Waals surface area contributed by atoms with Gasteiger partial charge in [0.2, 0.25) is 0 Å². The molecule has 0 amide bonds. The summed E-state index contributed by atoms with van der Waals surface area (Å²) >= 11 is 3.30. The van der Waals surface area contributed by atoms with Gasteiger partial charge < -0.3 is 0 Å². The number of anilines is 1. The maximum Gasteiger partial charge on any atom is 0.186 e. The van der Waals surface area contributed by atoms with Crippen molar-refractivity contribution in [2.45, 2.75) is 0 Å². The first-order valence-electron chi connectivity index (χ1n) is 2.79. The van der Waals surface area contributed by atoms with E-state index >= 15 is 0 Å². The van der Waals surface area contributed by atoms with Crippen LogP contribution < -0.4 is 1.33 Å². The van der Waals surface area contributed by atoms with Crippen LogP contribution in [-0.2, 0) is 0 Å². The molecule has 12 heavy (non-hydrogen) atoms. The Kier molecular flexibility index (Phi) is 3.44. The van der Waals surface area contributed by atoms with Gasteiger partial charge in [-0.05, 0) is 12.1 Å². The summed E-state index contributed by atoms with van der Waals surface area (Å²) in [5.74, 6) is -3.00. The zero-order valence-corrected chi connectivity index (χ0v) is 9.81. The van der Waals surface area contributed by atoms with Crippen molar-refractivity contribution in [3.63, 3.8) is 0 Å². The van der Waals surface area contributed by atoms with E-state index in [1.165, 1.54) is 0 Å². The lowest BCUT2D eigenvalue weighted by atomic mass is 10.3. The Morgan fingerprint density at radius 2 is 1.50 bits per heavy atom. The molecular weight excluding hydrogens is 397 g/mol. The van der Waals surface area contributed by atoms with Gasteiger partial charge >= 0.3 is 0 Å². The molecule has 6 heteroatoms. The van der Waals surface area contributed by atoms with Crippen molar-refractivity contribution in [2.75, 3.05) is 1.33 Å². The Morgan fingerprint density at radius 1 is 1.00 bits per heavy atom. The molecule has 0 aliphatic heterocycles. The third-order valence-corrected chi connectivity index (χ3v) is 2.15. The molecule has 0 spiro atoms. The van der Waals surface area contributed by atoms with Gasteiger partial charge in [0.1, 0.15) is 5.69 Å². The van der Waals surface area contributed by atoms with E-state index in [-0.39, 0.29) is 5.69 Å². The molecule has 0 atom stereocenters. The van der Waals surface area contributed by atoms with Crippen LogP contribution in [0.3, 0.4) is 0 Å².